The fraction of sp³-hybridized carbons (Fsp3) is 0.250. The van der Waals surface area contributed by atoms with Crippen molar-refractivity contribution in [2.24, 2.45) is 7.05 Å². The van der Waals surface area contributed by atoms with Gasteiger partial charge >= 0.3 is 5.97 Å². The Morgan fingerprint density at radius 2 is 2.28 bits per heavy atom. The maximum absolute atomic E-state index is 10.9. The zero-order chi connectivity index (χ0) is 13.1. The third-order valence-electron chi connectivity index (χ3n) is 2.60. The lowest BCUT2D eigenvalue weighted by Gasteiger charge is -2.09. The van der Waals surface area contributed by atoms with E-state index in [1.54, 1.807) is 23.0 Å². The van der Waals surface area contributed by atoms with Crippen LogP contribution in [0.25, 0.3) is 0 Å². The van der Waals surface area contributed by atoms with Gasteiger partial charge in [0.25, 0.3) is 0 Å². The molecule has 6 nitrogen and oxygen atoms in total. The van der Waals surface area contributed by atoms with Gasteiger partial charge in [0.2, 0.25) is 0 Å². The minimum absolute atomic E-state index is 0.202. The number of nitrogens with zero attached hydrogens (tertiary/aromatic N) is 3. The Morgan fingerprint density at radius 1 is 1.50 bits per heavy atom. The topological polar surface area (TPSA) is 77.2 Å². The lowest BCUT2D eigenvalue weighted by molar-refractivity contribution is 0.0696. The van der Waals surface area contributed by atoms with Crippen LogP contribution < -0.4 is 4.74 Å². The second kappa shape index (κ2) is 4.87. The van der Waals surface area contributed by atoms with Crippen molar-refractivity contribution in [2.75, 3.05) is 0 Å². The van der Waals surface area contributed by atoms with E-state index in [9.17, 15) is 4.79 Å². The van der Waals surface area contributed by atoms with E-state index in [4.69, 9.17) is 9.84 Å². The van der Waals surface area contributed by atoms with Gasteiger partial charge < -0.3 is 14.4 Å². The number of benzene rings is 1. The molecule has 2 aromatic rings. The summed E-state index contributed by atoms with van der Waals surface area (Å²) in [5.41, 5.74) is 1.08. The summed E-state index contributed by atoms with van der Waals surface area (Å²) in [6.45, 7) is 2.11. The van der Waals surface area contributed by atoms with Crippen molar-refractivity contribution in [3.63, 3.8) is 0 Å². The van der Waals surface area contributed by atoms with Crippen molar-refractivity contribution in [1.29, 1.82) is 0 Å². The normalized spacial score (nSPS) is 10.3. The molecule has 0 unspecified atom stereocenters. The van der Waals surface area contributed by atoms with E-state index in [2.05, 4.69) is 10.2 Å². The number of aromatic carboxylic acids is 1. The Bertz CT molecular complexity index is 578. The molecule has 1 aromatic heterocycles. The largest absolute Gasteiger partial charge is 0.485 e. The van der Waals surface area contributed by atoms with E-state index < -0.39 is 5.97 Å². The molecule has 0 aliphatic rings. The van der Waals surface area contributed by atoms with Crippen molar-refractivity contribution < 1.29 is 14.6 Å². The maximum Gasteiger partial charge on any atom is 0.335 e. The Labute approximate surface area is 104 Å². The molecule has 0 saturated heterocycles. The van der Waals surface area contributed by atoms with Crippen molar-refractivity contribution in [2.45, 2.75) is 13.5 Å². The van der Waals surface area contributed by atoms with Crippen LogP contribution in [-0.4, -0.2) is 25.8 Å². The summed E-state index contributed by atoms with van der Waals surface area (Å²) in [5, 5.41) is 16.5. The number of hydrogen-bond donors (Lipinski definition) is 1. The molecule has 2 rings (SSSR count). The van der Waals surface area contributed by atoms with E-state index in [0.717, 1.165) is 5.56 Å². The number of hydrogen-bond acceptors (Lipinski definition) is 4. The fourth-order valence-electron chi connectivity index (χ4n) is 1.47. The predicted octanol–water partition coefficient (Wildman–Crippen LogP) is 1.40. The first-order valence-corrected chi connectivity index (χ1v) is 5.37. The van der Waals surface area contributed by atoms with Crippen LogP contribution in [0.4, 0.5) is 0 Å². The summed E-state index contributed by atoms with van der Waals surface area (Å²) >= 11 is 0. The molecule has 0 aliphatic carbocycles. The standard InChI is InChI=1S/C12H13N3O3/c1-8-3-4-9(12(16)17)5-10(8)18-6-11-14-13-7-15(11)2/h3-5,7H,6H2,1-2H3,(H,16,17). The van der Waals surface area contributed by atoms with Crippen LogP contribution >= 0.6 is 0 Å². The van der Waals surface area contributed by atoms with Crippen LogP contribution in [0.1, 0.15) is 21.7 Å². The first kappa shape index (κ1) is 12.1. The lowest BCUT2D eigenvalue weighted by atomic mass is 10.1. The molecule has 0 saturated carbocycles. The second-order valence-electron chi connectivity index (χ2n) is 3.93. The summed E-state index contributed by atoms with van der Waals surface area (Å²) in [6, 6.07) is 4.77. The molecule has 0 spiro atoms. The van der Waals surface area contributed by atoms with Gasteiger partial charge in [0.1, 0.15) is 18.7 Å². The highest BCUT2D eigenvalue weighted by Gasteiger charge is 2.08. The Morgan fingerprint density at radius 3 is 2.89 bits per heavy atom. The number of aryl methyl sites for hydroxylation is 2. The molecule has 0 atom stereocenters. The van der Waals surface area contributed by atoms with Crippen LogP contribution in [0.2, 0.25) is 0 Å². The monoisotopic (exact) mass is 247 g/mol. The summed E-state index contributed by atoms with van der Waals surface area (Å²) in [4.78, 5) is 10.9. The highest BCUT2D eigenvalue weighted by Crippen LogP contribution is 2.20. The van der Waals surface area contributed by atoms with Crippen LogP contribution in [0.5, 0.6) is 5.75 Å². The van der Waals surface area contributed by atoms with Crippen molar-refractivity contribution in [3.05, 3.63) is 41.5 Å². The molecule has 18 heavy (non-hydrogen) atoms. The molecule has 1 N–H and O–H groups in total. The van der Waals surface area contributed by atoms with E-state index in [1.165, 1.54) is 6.07 Å². The number of carboxylic acid groups (broad SMARTS) is 1. The Kier molecular flexibility index (Phi) is 3.27. The first-order valence-electron chi connectivity index (χ1n) is 5.37. The maximum atomic E-state index is 10.9. The van der Waals surface area contributed by atoms with Gasteiger partial charge in [-0.05, 0) is 24.6 Å². The molecule has 6 heteroatoms. The van der Waals surface area contributed by atoms with Crippen LogP contribution in [0.3, 0.4) is 0 Å². The minimum Gasteiger partial charge on any atom is -0.485 e. The quantitative estimate of drug-likeness (QED) is 0.883. The summed E-state index contributed by atoms with van der Waals surface area (Å²) in [5.74, 6) is 0.242. The summed E-state index contributed by atoms with van der Waals surface area (Å²) in [6.07, 6.45) is 1.58. The average molecular weight is 247 g/mol. The van der Waals surface area contributed by atoms with E-state index in [1.807, 2.05) is 14.0 Å². The zero-order valence-corrected chi connectivity index (χ0v) is 10.1. The number of aromatic nitrogens is 3. The van der Waals surface area contributed by atoms with Crippen LogP contribution in [0.15, 0.2) is 24.5 Å². The number of rotatable bonds is 4. The molecule has 1 heterocycles. The van der Waals surface area contributed by atoms with E-state index >= 15 is 0 Å². The molecular formula is C12H13N3O3. The molecule has 0 fully saturated rings. The highest BCUT2D eigenvalue weighted by molar-refractivity contribution is 5.88. The van der Waals surface area contributed by atoms with Gasteiger partial charge in [0, 0.05) is 7.05 Å². The Balaban J connectivity index is 2.16. The van der Waals surface area contributed by atoms with Gasteiger partial charge in [0.05, 0.1) is 5.56 Å². The van der Waals surface area contributed by atoms with E-state index in [-0.39, 0.29) is 12.2 Å². The average Bonchev–Trinajstić information content (AvgIpc) is 2.73. The Hall–Kier alpha value is -2.37. The molecule has 0 amide bonds. The number of carboxylic acids is 1. The second-order valence-corrected chi connectivity index (χ2v) is 3.93. The third-order valence-corrected chi connectivity index (χ3v) is 2.60. The van der Waals surface area contributed by atoms with E-state index in [0.29, 0.717) is 11.6 Å². The molecule has 94 valence electrons. The van der Waals surface area contributed by atoms with Crippen molar-refractivity contribution in [1.82, 2.24) is 14.8 Å². The molecule has 0 bridgehead atoms. The summed E-state index contributed by atoms with van der Waals surface area (Å²) in [7, 11) is 1.82. The van der Waals surface area contributed by atoms with Gasteiger partial charge in [-0.1, -0.05) is 6.07 Å². The molecule has 0 radical (unpaired) electrons. The molecule has 1 aromatic carbocycles. The number of carbonyl (C=O) groups is 1. The third kappa shape index (κ3) is 2.48. The van der Waals surface area contributed by atoms with Crippen molar-refractivity contribution >= 4 is 5.97 Å². The minimum atomic E-state index is -0.974. The molecular weight excluding hydrogens is 234 g/mol. The lowest BCUT2D eigenvalue weighted by Crippen LogP contribution is -2.05. The SMILES string of the molecule is Cc1ccc(C(=O)O)cc1OCc1nncn1C. The van der Waals surface area contributed by atoms with Gasteiger partial charge in [0.15, 0.2) is 5.82 Å². The van der Waals surface area contributed by atoms with Gasteiger partial charge in [-0.15, -0.1) is 10.2 Å². The highest BCUT2D eigenvalue weighted by atomic mass is 16.5. The number of ether oxygens (including phenoxy) is 1. The predicted molar refractivity (Wildman–Crippen MR) is 63.5 cm³/mol. The summed E-state index contributed by atoms with van der Waals surface area (Å²) < 4.78 is 7.31. The van der Waals surface area contributed by atoms with Crippen LogP contribution in [-0.2, 0) is 13.7 Å². The van der Waals surface area contributed by atoms with Gasteiger partial charge in [-0.25, -0.2) is 4.79 Å². The smallest absolute Gasteiger partial charge is 0.335 e. The van der Waals surface area contributed by atoms with Gasteiger partial charge in [-0.2, -0.15) is 0 Å². The van der Waals surface area contributed by atoms with Crippen molar-refractivity contribution in [3.8, 4) is 5.75 Å². The first-order chi connectivity index (χ1) is 8.58. The fourth-order valence-corrected chi connectivity index (χ4v) is 1.47. The molecule has 0 aliphatic heterocycles. The van der Waals surface area contributed by atoms with Gasteiger partial charge in [-0.3, -0.25) is 0 Å². The zero-order valence-electron chi connectivity index (χ0n) is 10.1. The van der Waals surface area contributed by atoms with Crippen LogP contribution in [0, 0.1) is 6.92 Å².